The minimum atomic E-state index is -0.399. The Labute approximate surface area is 107 Å². The van der Waals surface area contributed by atoms with Gasteiger partial charge in [-0.15, -0.1) is 0 Å². The fraction of sp³-hybridized carbons (Fsp3) is 0.667. The van der Waals surface area contributed by atoms with Crippen LogP contribution >= 0.6 is 11.6 Å². The summed E-state index contributed by atoms with van der Waals surface area (Å²) in [6, 6.07) is 1.80. The van der Waals surface area contributed by atoms with Crippen LogP contribution in [0.1, 0.15) is 32.9 Å². The predicted octanol–water partition coefficient (Wildman–Crippen LogP) is 2.65. The van der Waals surface area contributed by atoms with Gasteiger partial charge < -0.3 is 10.4 Å². The highest BCUT2D eigenvalue weighted by Crippen LogP contribution is 2.21. The lowest BCUT2D eigenvalue weighted by molar-refractivity contribution is 0.132. The van der Waals surface area contributed by atoms with Gasteiger partial charge in [0.15, 0.2) is 0 Å². The molecule has 0 amide bonds. The summed E-state index contributed by atoms with van der Waals surface area (Å²) < 4.78 is 0. The average Bonchev–Trinajstić information content (AvgIpc) is 2.10. The van der Waals surface area contributed by atoms with Gasteiger partial charge in [0.2, 0.25) is 5.28 Å². The van der Waals surface area contributed by atoms with Gasteiger partial charge in [0.25, 0.3) is 0 Å². The van der Waals surface area contributed by atoms with E-state index in [4.69, 9.17) is 11.6 Å². The molecule has 1 rings (SSSR count). The molecule has 1 aromatic rings. The quantitative estimate of drug-likeness (QED) is 0.815. The van der Waals surface area contributed by atoms with Crippen molar-refractivity contribution in [3.63, 3.8) is 0 Å². The first-order valence-corrected chi connectivity index (χ1v) is 6.07. The number of aliphatic hydroxyl groups excluding tert-OH is 1. The lowest BCUT2D eigenvalue weighted by Gasteiger charge is -2.22. The number of aryl methyl sites for hydroxylation is 1. The molecular formula is C12H20ClN3O. The molecule has 0 spiro atoms. The second kappa shape index (κ2) is 5.65. The topological polar surface area (TPSA) is 58.0 Å². The summed E-state index contributed by atoms with van der Waals surface area (Å²) in [5.41, 5.74) is 0.915. The van der Waals surface area contributed by atoms with Crippen molar-refractivity contribution in [2.45, 2.75) is 40.2 Å². The SMILES string of the molecule is Cc1cc(NCC(O)CC(C)(C)C)nc(Cl)n1. The molecule has 0 aliphatic rings. The van der Waals surface area contributed by atoms with Crippen LogP contribution in [0.5, 0.6) is 0 Å². The molecule has 0 saturated carbocycles. The molecular weight excluding hydrogens is 238 g/mol. The summed E-state index contributed by atoms with van der Waals surface area (Å²) in [6.45, 7) is 8.61. The van der Waals surface area contributed by atoms with Crippen molar-refractivity contribution in [1.82, 2.24) is 9.97 Å². The van der Waals surface area contributed by atoms with Crippen LogP contribution in [-0.2, 0) is 0 Å². The van der Waals surface area contributed by atoms with Gasteiger partial charge >= 0.3 is 0 Å². The first kappa shape index (κ1) is 14.2. The van der Waals surface area contributed by atoms with Crippen LogP contribution in [0.4, 0.5) is 5.82 Å². The van der Waals surface area contributed by atoms with Gasteiger partial charge in [-0.25, -0.2) is 9.97 Å². The molecule has 0 aliphatic carbocycles. The first-order chi connectivity index (χ1) is 7.76. The Morgan fingerprint density at radius 1 is 1.41 bits per heavy atom. The molecule has 96 valence electrons. The van der Waals surface area contributed by atoms with E-state index in [1.807, 2.05) is 6.92 Å². The normalized spacial score (nSPS) is 13.5. The Balaban J connectivity index is 2.50. The molecule has 1 atom stereocenters. The highest BCUT2D eigenvalue weighted by Gasteiger charge is 2.16. The number of nitrogens with zero attached hydrogens (tertiary/aromatic N) is 2. The van der Waals surface area contributed by atoms with Gasteiger partial charge in [-0.1, -0.05) is 20.8 Å². The highest BCUT2D eigenvalue weighted by atomic mass is 35.5. The van der Waals surface area contributed by atoms with Crippen LogP contribution in [0.2, 0.25) is 5.28 Å². The third-order valence-corrected chi connectivity index (χ3v) is 2.36. The van der Waals surface area contributed by atoms with E-state index in [-0.39, 0.29) is 10.7 Å². The van der Waals surface area contributed by atoms with E-state index < -0.39 is 6.10 Å². The summed E-state index contributed by atoms with van der Waals surface area (Å²) in [5.74, 6) is 0.649. The Morgan fingerprint density at radius 3 is 2.59 bits per heavy atom. The second-order valence-electron chi connectivity index (χ2n) is 5.46. The maximum absolute atomic E-state index is 9.85. The second-order valence-corrected chi connectivity index (χ2v) is 5.80. The van der Waals surface area contributed by atoms with Crippen LogP contribution < -0.4 is 5.32 Å². The van der Waals surface area contributed by atoms with E-state index in [9.17, 15) is 5.11 Å². The van der Waals surface area contributed by atoms with Crippen molar-refractivity contribution in [2.24, 2.45) is 5.41 Å². The molecule has 0 fully saturated rings. The number of nitrogens with one attached hydrogen (secondary N) is 1. The van der Waals surface area contributed by atoms with Crippen molar-refractivity contribution in [3.05, 3.63) is 17.0 Å². The Bertz CT molecular complexity index is 356. The van der Waals surface area contributed by atoms with E-state index >= 15 is 0 Å². The number of aromatic nitrogens is 2. The molecule has 0 aliphatic heterocycles. The Kier molecular flexibility index (Phi) is 4.71. The van der Waals surface area contributed by atoms with Gasteiger partial charge in [0.1, 0.15) is 5.82 Å². The van der Waals surface area contributed by atoms with Gasteiger partial charge in [-0.3, -0.25) is 0 Å². The largest absolute Gasteiger partial charge is 0.391 e. The fourth-order valence-corrected chi connectivity index (χ4v) is 1.85. The number of halogens is 1. The van der Waals surface area contributed by atoms with E-state index in [1.165, 1.54) is 0 Å². The van der Waals surface area contributed by atoms with E-state index in [2.05, 4.69) is 36.1 Å². The van der Waals surface area contributed by atoms with Crippen LogP contribution in [-0.4, -0.2) is 27.7 Å². The first-order valence-electron chi connectivity index (χ1n) is 5.69. The van der Waals surface area contributed by atoms with E-state index in [0.29, 0.717) is 12.4 Å². The summed E-state index contributed by atoms with van der Waals surface area (Å²) in [5, 5.41) is 13.1. The fourth-order valence-electron chi connectivity index (χ4n) is 1.62. The molecule has 1 aromatic heterocycles. The molecule has 0 bridgehead atoms. The highest BCUT2D eigenvalue weighted by molar-refractivity contribution is 6.28. The smallest absolute Gasteiger partial charge is 0.224 e. The third kappa shape index (κ3) is 5.84. The maximum atomic E-state index is 9.85. The van der Waals surface area contributed by atoms with Crippen LogP contribution in [0.3, 0.4) is 0 Å². The molecule has 1 unspecified atom stereocenters. The summed E-state index contributed by atoms with van der Waals surface area (Å²) in [6.07, 6.45) is 0.335. The standard InChI is InChI=1S/C12H20ClN3O/c1-8-5-10(16-11(13)15-8)14-7-9(17)6-12(2,3)4/h5,9,17H,6-7H2,1-4H3,(H,14,15,16). The lowest BCUT2D eigenvalue weighted by atomic mass is 9.89. The maximum Gasteiger partial charge on any atom is 0.224 e. The predicted molar refractivity (Wildman–Crippen MR) is 70.3 cm³/mol. The zero-order valence-corrected chi connectivity index (χ0v) is 11.5. The third-order valence-electron chi connectivity index (χ3n) is 2.19. The van der Waals surface area contributed by atoms with E-state index in [0.717, 1.165) is 12.1 Å². The number of hydrogen-bond acceptors (Lipinski definition) is 4. The summed E-state index contributed by atoms with van der Waals surface area (Å²) >= 11 is 5.75. The zero-order valence-electron chi connectivity index (χ0n) is 10.8. The molecule has 2 N–H and O–H groups in total. The van der Waals surface area contributed by atoms with Gasteiger partial charge in [-0.05, 0) is 30.4 Å². The van der Waals surface area contributed by atoms with Crippen molar-refractivity contribution in [3.8, 4) is 0 Å². The number of anilines is 1. The molecule has 5 heteroatoms. The van der Waals surface area contributed by atoms with Crippen LogP contribution in [0.15, 0.2) is 6.07 Å². The van der Waals surface area contributed by atoms with Gasteiger partial charge in [0.05, 0.1) is 6.10 Å². The summed E-state index contributed by atoms with van der Waals surface area (Å²) in [7, 11) is 0. The monoisotopic (exact) mass is 257 g/mol. The van der Waals surface area contributed by atoms with Crippen molar-refractivity contribution < 1.29 is 5.11 Å². The van der Waals surface area contributed by atoms with Crippen LogP contribution in [0, 0.1) is 12.3 Å². The summed E-state index contributed by atoms with van der Waals surface area (Å²) in [4.78, 5) is 8.01. The molecule has 0 radical (unpaired) electrons. The Hall–Kier alpha value is -0.870. The molecule has 0 aromatic carbocycles. The average molecular weight is 258 g/mol. The minimum Gasteiger partial charge on any atom is -0.391 e. The van der Waals surface area contributed by atoms with Crippen molar-refractivity contribution >= 4 is 17.4 Å². The zero-order chi connectivity index (χ0) is 13.1. The van der Waals surface area contributed by atoms with Crippen molar-refractivity contribution in [1.29, 1.82) is 0 Å². The molecule has 4 nitrogen and oxygen atoms in total. The van der Waals surface area contributed by atoms with Crippen LogP contribution in [0.25, 0.3) is 0 Å². The molecule has 17 heavy (non-hydrogen) atoms. The van der Waals surface area contributed by atoms with E-state index in [1.54, 1.807) is 6.07 Å². The number of aliphatic hydroxyl groups is 1. The van der Waals surface area contributed by atoms with Crippen molar-refractivity contribution in [2.75, 3.05) is 11.9 Å². The number of hydrogen-bond donors (Lipinski definition) is 2. The van der Waals surface area contributed by atoms with Gasteiger partial charge in [0, 0.05) is 18.3 Å². The lowest BCUT2D eigenvalue weighted by Crippen LogP contribution is -2.25. The molecule has 0 saturated heterocycles. The number of rotatable bonds is 4. The molecule has 1 heterocycles. The Morgan fingerprint density at radius 2 is 2.06 bits per heavy atom. The van der Waals surface area contributed by atoms with Gasteiger partial charge in [-0.2, -0.15) is 0 Å². The minimum absolute atomic E-state index is 0.111.